The van der Waals surface area contributed by atoms with Crippen LogP contribution in [-0.2, 0) is 9.53 Å². The lowest BCUT2D eigenvalue weighted by molar-refractivity contribution is -0.130. The topological polar surface area (TPSA) is 55.8 Å². The fourth-order valence-corrected chi connectivity index (χ4v) is 3.19. The number of rotatable bonds is 5. The van der Waals surface area contributed by atoms with Gasteiger partial charge < -0.3 is 14.4 Å². The van der Waals surface area contributed by atoms with Gasteiger partial charge in [-0.3, -0.25) is 4.79 Å². The summed E-state index contributed by atoms with van der Waals surface area (Å²) in [7, 11) is 1.72. The Balaban J connectivity index is 1.65. The third kappa shape index (κ3) is 4.67. The molecule has 1 amide bonds. The predicted molar refractivity (Wildman–Crippen MR) is 108 cm³/mol. The lowest BCUT2D eigenvalue weighted by Crippen LogP contribution is -2.40. The summed E-state index contributed by atoms with van der Waals surface area (Å²) in [5.74, 6) is 0.0938. The molecule has 1 heterocycles. The summed E-state index contributed by atoms with van der Waals surface area (Å²) in [4.78, 5) is 26.1. The lowest BCUT2D eigenvalue weighted by Gasteiger charge is -2.31. The molecule has 5 heteroatoms. The minimum absolute atomic E-state index is 0.0585. The molecule has 0 aliphatic carbocycles. The Morgan fingerprint density at radius 3 is 2.00 bits per heavy atom. The maximum Gasteiger partial charge on any atom is 0.338 e. The highest BCUT2D eigenvalue weighted by atomic mass is 16.5. The first-order valence-electron chi connectivity index (χ1n) is 9.38. The van der Waals surface area contributed by atoms with E-state index in [0.29, 0.717) is 16.9 Å². The summed E-state index contributed by atoms with van der Waals surface area (Å²) in [6, 6.07) is 14.8. The molecule has 1 aliphatic heterocycles. The zero-order valence-corrected chi connectivity index (χ0v) is 16.3. The molecule has 0 bridgehead atoms. The molecule has 0 radical (unpaired) electrons. The van der Waals surface area contributed by atoms with E-state index < -0.39 is 5.97 Å². The molecule has 146 valence electrons. The van der Waals surface area contributed by atoms with E-state index in [-0.39, 0.29) is 12.0 Å². The fraction of sp³-hybridized carbons (Fsp3) is 0.304. The first-order chi connectivity index (χ1) is 13.5. The number of likely N-dealkylation sites (tertiary alicyclic amines) is 1. The maximum absolute atomic E-state index is 12.7. The zero-order chi connectivity index (χ0) is 20.1. The van der Waals surface area contributed by atoms with E-state index in [9.17, 15) is 9.59 Å². The van der Waals surface area contributed by atoms with Gasteiger partial charge in [0.1, 0.15) is 5.75 Å². The summed E-state index contributed by atoms with van der Waals surface area (Å²) in [6.07, 6.45) is 2.01. The average molecular weight is 379 g/mol. The van der Waals surface area contributed by atoms with Crippen LogP contribution in [0.3, 0.4) is 0 Å². The Kier molecular flexibility index (Phi) is 6.26. The minimum atomic E-state index is -0.440. The molecule has 0 unspecified atom stereocenters. The van der Waals surface area contributed by atoms with Crippen molar-refractivity contribution in [2.75, 3.05) is 20.2 Å². The molecule has 0 aromatic heterocycles. The van der Waals surface area contributed by atoms with Crippen molar-refractivity contribution in [1.29, 1.82) is 0 Å². The van der Waals surface area contributed by atoms with Crippen molar-refractivity contribution < 1.29 is 19.1 Å². The van der Waals surface area contributed by atoms with Crippen molar-refractivity contribution >= 4 is 11.9 Å². The Labute approximate surface area is 165 Å². The molecule has 3 rings (SSSR count). The molecule has 1 saturated heterocycles. The SMILES string of the molecule is C=C(C)C(=O)Oc1ccc(-c2ccc(C(=O)N3CCC(OC)CC3)cc2)cc1. The van der Waals surface area contributed by atoms with Gasteiger partial charge in [-0.25, -0.2) is 4.79 Å². The molecule has 1 aliphatic rings. The minimum Gasteiger partial charge on any atom is -0.423 e. The van der Waals surface area contributed by atoms with Crippen molar-refractivity contribution in [2.45, 2.75) is 25.9 Å². The monoisotopic (exact) mass is 379 g/mol. The number of hydrogen-bond acceptors (Lipinski definition) is 4. The van der Waals surface area contributed by atoms with E-state index in [2.05, 4.69) is 6.58 Å². The van der Waals surface area contributed by atoms with Gasteiger partial charge in [0.25, 0.3) is 5.91 Å². The van der Waals surface area contributed by atoms with Crippen LogP contribution in [0.5, 0.6) is 5.75 Å². The van der Waals surface area contributed by atoms with Gasteiger partial charge in [0.15, 0.2) is 0 Å². The van der Waals surface area contributed by atoms with Gasteiger partial charge in [-0.2, -0.15) is 0 Å². The molecule has 2 aromatic carbocycles. The van der Waals surface area contributed by atoms with Crippen LogP contribution < -0.4 is 4.74 Å². The highest BCUT2D eigenvalue weighted by Gasteiger charge is 2.23. The highest BCUT2D eigenvalue weighted by Crippen LogP contribution is 2.24. The van der Waals surface area contributed by atoms with Crippen LogP contribution in [-0.4, -0.2) is 43.1 Å². The van der Waals surface area contributed by atoms with E-state index in [0.717, 1.165) is 37.1 Å². The maximum atomic E-state index is 12.7. The number of esters is 1. The molecule has 0 atom stereocenters. The van der Waals surface area contributed by atoms with E-state index in [1.165, 1.54) is 0 Å². The average Bonchev–Trinajstić information content (AvgIpc) is 2.74. The lowest BCUT2D eigenvalue weighted by atomic mass is 10.0. The Morgan fingerprint density at radius 2 is 1.50 bits per heavy atom. The molecule has 0 saturated carbocycles. The van der Waals surface area contributed by atoms with Crippen LogP contribution >= 0.6 is 0 Å². The zero-order valence-electron chi connectivity index (χ0n) is 16.3. The van der Waals surface area contributed by atoms with Crippen molar-refractivity contribution in [3.05, 3.63) is 66.2 Å². The van der Waals surface area contributed by atoms with Crippen LogP contribution in [0, 0.1) is 0 Å². The number of hydrogen-bond donors (Lipinski definition) is 0. The van der Waals surface area contributed by atoms with Crippen molar-refractivity contribution in [3.8, 4) is 16.9 Å². The molecule has 28 heavy (non-hydrogen) atoms. The van der Waals surface area contributed by atoms with Crippen molar-refractivity contribution in [3.63, 3.8) is 0 Å². The number of carbonyl (C=O) groups is 2. The molecule has 1 fully saturated rings. The number of methoxy groups -OCH3 is 1. The quantitative estimate of drug-likeness (QED) is 0.446. The van der Waals surface area contributed by atoms with Crippen LogP contribution in [0.25, 0.3) is 11.1 Å². The van der Waals surface area contributed by atoms with Gasteiger partial charge in [-0.15, -0.1) is 0 Å². The largest absolute Gasteiger partial charge is 0.423 e. The Hall–Kier alpha value is -2.92. The second-order valence-corrected chi connectivity index (χ2v) is 7.00. The number of amides is 1. The van der Waals surface area contributed by atoms with Crippen LogP contribution in [0.2, 0.25) is 0 Å². The molecular formula is C23H25NO4. The number of nitrogens with zero attached hydrogens (tertiary/aromatic N) is 1. The summed E-state index contributed by atoms with van der Waals surface area (Å²) in [5, 5.41) is 0. The smallest absolute Gasteiger partial charge is 0.338 e. The number of carbonyl (C=O) groups excluding carboxylic acids is 2. The van der Waals surface area contributed by atoms with Gasteiger partial charge >= 0.3 is 5.97 Å². The van der Waals surface area contributed by atoms with Crippen LogP contribution in [0.1, 0.15) is 30.1 Å². The van der Waals surface area contributed by atoms with Gasteiger partial charge in [0, 0.05) is 31.3 Å². The summed E-state index contributed by atoms with van der Waals surface area (Å²) in [6.45, 7) is 6.63. The highest BCUT2D eigenvalue weighted by molar-refractivity contribution is 5.94. The first kappa shape index (κ1) is 19.8. The first-order valence-corrected chi connectivity index (χ1v) is 9.38. The standard InChI is InChI=1S/C23H25NO4/c1-16(2)23(26)28-21-10-8-18(9-11-21)17-4-6-19(7-5-17)22(25)24-14-12-20(27-3)13-15-24/h4-11,20H,1,12-15H2,2-3H3. The summed E-state index contributed by atoms with van der Waals surface area (Å²) in [5.41, 5.74) is 3.02. The van der Waals surface area contributed by atoms with E-state index in [1.807, 2.05) is 41.3 Å². The molecule has 5 nitrogen and oxygen atoms in total. The molecule has 0 spiro atoms. The van der Waals surface area contributed by atoms with E-state index in [4.69, 9.17) is 9.47 Å². The summed E-state index contributed by atoms with van der Waals surface area (Å²) < 4.78 is 10.6. The third-order valence-electron chi connectivity index (χ3n) is 4.94. The summed E-state index contributed by atoms with van der Waals surface area (Å²) >= 11 is 0. The predicted octanol–water partition coefficient (Wildman–Crippen LogP) is 4.09. The number of benzene rings is 2. The Bertz CT molecular complexity index is 847. The van der Waals surface area contributed by atoms with Crippen LogP contribution in [0.15, 0.2) is 60.7 Å². The van der Waals surface area contributed by atoms with E-state index in [1.54, 1.807) is 26.2 Å². The van der Waals surface area contributed by atoms with Gasteiger partial charge in [-0.1, -0.05) is 30.8 Å². The second kappa shape index (κ2) is 8.85. The number of ether oxygens (including phenoxy) is 2. The molecular weight excluding hydrogens is 354 g/mol. The number of piperidine rings is 1. The third-order valence-corrected chi connectivity index (χ3v) is 4.94. The molecule has 2 aromatic rings. The normalized spacial score (nSPS) is 14.6. The van der Waals surface area contributed by atoms with E-state index >= 15 is 0 Å². The Morgan fingerprint density at radius 1 is 0.964 bits per heavy atom. The fourth-order valence-electron chi connectivity index (χ4n) is 3.19. The van der Waals surface area contributed by atoms with Crippen LogP contribution in [0.4, 0.5) is 0 Å². The van der Waals surface area contributed by atoms with Crippen molar-refractivity contribution in [2.24, 2.45) is 0 Å². The molecule has 0 N–H and O–H groups in total. The van der Waals surface area contributed by atoms with Gasteiger partial charge in [0.05, 0.1) is 6.10 Å². The van der Waals surface area contributed by atoms with Gasteiger partial charge in [0.2, 0.25) is 0 Å². The second-order valence-electron chi connectivity index (χ2n) is 7.00. The van der Waals surface area contributed by atoms with Crippen molar-refractivity contribution in [1.82, 2.24) is 4.90 Å². The van der Waals surface area contributed by atoms with Gasteiger partial charge in [-0.05, 0) is 55.2 Å².